The number of nitrogens with zero attached hydrogens (tertiary/aromatic N) is 1. The van der Waals surface area contributed by atoms with E-state index >= 15 is 0 Å². The lowest BCUT2D eigenvalue weighted by Crippen LogP contribution is -2.51. The van der Waals surface area contributed by atoms with Gasteiger partial charge in [-0.15, -0.1) is 0 Å². The summed E-state index contributed by atoms with van der Waals surface area (Å²) in [6.45, 7) is 7.96. The number of amides is 1. The minimum Gasteiger partial charge on any atom is -0.480 e. The lowest BCUT2D eigenvalue weighted by atomic mass is 9.47. The van der Waals surface area contributed by atoms with Crippen molar-refractivity contribution in [2.75, 3.05) is 6.61 Å². The van der Waals surface area contributed by atoms with Gasteiger partial charge in [0.25, 0.3) is 5.91 Å². The highest BCUT2D eigenvalue weighted by Crippen LogP contribution is 2.65. The molecule has 0 unspecified atom stereocenters. The van der Waals surface area contributed by atoms with Gasteiger partial charge in [0.05, 0.1) is 11.8 Å². The predicted octanol–water partition coefficient (Wildman–Crippen LogP) is 3.91. The third-order valence-corrected chi connectivity index (χ3v) is 9.55. The van der Waals surface area contributed by atoms with Gasteiger partial charge in [-0.2, -0.15) is 0 Å². The number of carbonyl (C=O) groups excluding carboxylic acids is 1. The van der Waals surface area contributed by atoms with Gasteiger partial charge in [0.15, 0.2) is 6.61 Å². The maximum absolute atomic E-state index is 12.1. The zero-order chi connectivity index (χ0) is 24.0. The Morgan fingerprint density at radius 3 is 2.61 bits per heavy atom. The molecule has 0 heterocycles. The molecule has 0 aromatic heterocycles. The third-order valence-electron chi connectivity index (χ3n) is 9.55. The number of aliphatic carboxylic acids is 1. The van der Waals surface area contributed by atoms with E-state index in [0.29, 0.717) is 17.8 Å². The van der Waals surface area contributed by atoms with Crippen molar-refractivity contribution in [2.45, 2.75) is 91.2 Å². The van der Waals surface area contributed by atoms with Crippen molar-refractivity contribution in [3.8, 4) is 0 Å². The molecule has 4 aliphatic carbocycles. The van der Waals surface area contributed by atoms with Crippen LogP contribution in [0.5, 0.6) is 0 Å². The molecule has 3 fully saturated rings. The highest BCUT2D eigenvalue weighted by atomic mass is 16.6. The topological polar surface area (TPSA) is 108 Å². The predicted molar refractivity (Wildman–Crippen MR) is 126 cm³/mol. The summed E-state index contributed by atoms with van der Waals surface area (Å²) >= 11 is 0. The van der Waals surface area contributed by atoms with E-state index in [1.54, 1.807) is 13.8 Å². The van der Waals surface area contributed by atoms with Crippen molar-refractivity contribution in [3.63, 3.8) is 0 Å². The first-order valence-electron chi connectivity index (χ1n) is 12.7. The van der Waals surface area contributed by atoms with Crippen LogP contribution in [0.15, 0.2) is 16.8 Å². The molecule has 1 amide bonds. The quantitative estimate of drug-likeness (QED) is 0.521. The van der Waals surface area contributed by atoms with Gasteiger partial charge in [-0.1, -0.05) is 38.4 Å². The van der Waals surface area contributed by atoms with E-state index in [0.717, 1.165) is 44.2 Å². The van der Waals surface area contributed by atoms with Crippen molar-refractivity contribution in [1.29, 1.82) is 0 Å². The molecule has 184 valence electrons. The van der Waals surface area contributed by atoms with Gasteiger partial charge >= 0.3 is 5.97 Å². The normalized spacial score (nSPS) is 39.8. The molecular formula is C26H40N2O5. The molecule has 4 aliphatic rings. The summed E-state index contributed by atoms with van der Waals surface area (Å²) in [5, 5.41) is 26.6. The second-order valence-electron chi connectivity index (χ2n) is 11.6. The number of carboxylic acid groups (broad SMARTS) is 1. The molecule has 33 heavy (non-hydrogen) atoms. The molecule has 0 aliphatic heterocycles. The van der Waals surface area contributed by atoms with Gasteiger partial charge in [0.2, 0.25) is 0 Å². The molecule has 3 saturated carbocycles. The number of oxime groups is 1. The van der Waals surface area contributed by atoms with E-state index in [2.05, 4.69) is 30.4 Å². The molecule has 3 N–H and O–H groups in total. The summed E-state index contributed by atoms with van der Waals surface area (Å²) in [6, 6.07) is -0.931. The Morgan fingerprint density at radius 1 is 1.15 bits per heavy atom. The fraction of sp³-hybridized carbons (Fsp3) is 0.808. The minimum atomic E-state index is -1.05. The Labute approximate surface area is 197 Å². The van der Waals surface area contributed by atoms with Gasteiger partial charge in [0.1, 0.15) is 6.04 Å². The number of rotatable bonds is 6. The molecule has 0 spiro atoms. The van der Waals surface area contributed by atoms with E-state index in [-0.39, 0.29) is 29.5 Å². The number of carboxylic acids is 1. The van der Waals surface area contributed by atoms with Crippen molar-refractivity contribution in [1.82, 2.24) is 5.32 Å². The van der Waals surface area contributed by atoms with Crippen molar-refractivity contribution < 1.29 is 24.6 Å². The molecule has 0 aromatic carbocycles. The van der Waals surface area contributed by atoms with Crippen LogP contribution in [-0.2, 0) is 14.4 Å². The van der Waals surface area contributed by atoms with Crippen LogP contribution in [0, 0.1) is 34.5 Å². The maximum Gasteiger partial charge on any atom is 0.326 e. The molecular weight excluding hydrogens is 420 g/mol. The number of allylic oxidation sites excluding steroid dienone is 2. The van der Waals surface area contributed by atoms with Crippen LogP contribution in [0.4, 0.5) is 0 Å². The highest BCUT2D eigenvalue weighted by molar-refractivity contribution is 5.96. The minimum absolute atomic E-state index is 0.101. The average Bonchev–Trinajstić information content (AvgIpc) is 3.06. The lowest BCUT2D eigenvalue weighted by Gasteiger charge is -2.57. The van der Waals surface area contributed by atoms with E-state index in [9.17, 15) is 19.8 Å². The van der Waals surface area contributed by atoms with E-state index in [1.807, 2.05) is 0 Å². The summed E-state index contributed by atoms with van der Waals surface area (Å²) in [6.07, 6.45) is 10.6. The maximum atomic E-state index is 12.1. The molecule has 0 bridgehead atoms. The molecule has 0 aromatic rings. The number of nitrogens with one attached hydrogen (secondary N) is 1. The first-order chi connectivity index (χ1) is 15.6. The zero-order valence-electron chi connectivity index (χ0n) is 20.5. The van der Waals surface area contributed by atoms with Gasteiger partial charge in [0, 0.05) is 0 Å². The monoisotopic (exact) mass is 460 g/mol. The summed E-state index contributed by atoms with van der Waals surface area (Å²) in [5.74, 6) is 0.272. The third kappa shape index (κ3) is 4.33. The van der Waals surface area contributed by atoms with Crippen LogP contribution in [0.3, 0.4) is 0 Å². The summed E-state index contributed by atoms with van der Waals surface area (Å²) in [5.41, 5.74) is 2.60. The SMILES string of the molecule is CC(C)[C@@H](NC(=O)CO/N=C1\C=C2CC[C@H]3[C@H]4CC[C@H](O)[C@@]4(C)CC[C@H]3[C@@]2(C)CC1)C(=O)O. The van der Waals surface area contributed by atoms with Gasteiger partial charge < -0.3 is 20.4 Å². The molecule has 0 saturated heterocycles. The molecule has 7 atom stereocenters. The van der Waals surface area contributed by atoms with Crippen LogP contribution in [0.1, 0.15) is 79.1 Å². The number of fused-ring (bicyclic) bond motifs is 5. The van der Waals surface area contributed by atoms with Gasteiger partial charge in [-0.3, -0.25) is 4.79 Å². The molecule has 7 heteroatoms. The Morgan fingerprint density at radius 2 is 1.91 bits per heavy atom. The van der Waals surface area contributed by atoms with Crippen LogP contribution >= 0.6 is 0 Å². The molecule has 7 nitrogen and oxygen atoms in total. The van der Waals surface area contributed by atoms with Crippen LogP contribution in [0.2, 0.25) is 0 Å². The Bertz CT molecular complexity index is 852. The van der Waals surface area contributed by atoms with Crippen molar-refractivity contribution >= 4 is 17.6 Å². The number of hydrogen-bond donors (Lipinski definition) is 3. The van der Waals surface area contributed by atoms with Crippen LogP contribution in [-0.4, -0.2) is 46.6 Å². The summed E-state index contributed by atoms with van der Waals surface area (Å²) in [4.78, 5) is 28.6. The first-order valence-corrected chi connectivity index (χ1v) is 12.7. The second kappa shape index (κ2) is 9.05. The number of aliphatic hydroxyl groups is 1. The fourth-order valence-electron chi connectivity index (χ4n) is 7.52. The average molecular weight is 461 g/mol. The summed E-state index contributed by atoms with van der Waals surface area (Å²) < 4.78 is 0. The second-order valence-corrected chi connectivity index (χ2v) is 11.6. The number of aliphatic hydroxyl groups excluding tert-OH is 1. The first kappa shape index (κ1) is 24.2. The largest absolute Gasteiger partial charge is 0.480 e. The Hall–Kier alpha value is -1.89. The number of hydrogen-bond acceptors (Lipinski definition) is 5. The van der Waals surface area contributed by atoms with Crippen LogP contribution in [0.25, 0.3) is 0 Å². The lowest BCUT2D eigenvalue weighted by molar-refractivity contribution is -0.143. The molecule has 4 rings (SSSR count). The Kier molecular flexibility index (Phi) is 6.64. The smallest absolute Gasteiger partial charge is 0.326 e. The van der Waals surface area contributed by atoms with E-state index in [4.69, 9.17) is 4.84 Å². The Balaban J connectivity index is 1.39. The van der Waals surface area contributed by atoms with Gasteiger partial charge in [-0.25, -0.2) is 4.79 Å². The summed E-state index contributed by atoms with van der Waals surface area (Å²) in [7, 11) is 0. The fourth-order valence-corrected chi connectivity index (χ4v) is 7.52. The highest BCUT2D eigenvalue weighted by Gasteiger charge is 2.58. The van der Waals surface area contributed by atoms with E-state index in [1.165, 1.54) is 18.4 Å². The van der Waals surface area contributed by atoms with Crippen molar-refractivity contribution in [2.24, 2.45) is 39.7 Å². The standard InChI is InChI=1S/C26H40N2O5/c1-15(2)23(24(31)32)27-22(30)14-33-28-17-9-11-25(3)16(13-17)5-6-18-19-7-8-21(29)26(19,4)12-10-20(18)25/h13,15,18-21,23,29H,5-12,14H2,1-4H3,(H,27,30)(H,31,32)/b28-17-/t18-,19+,20+,21-,23+,25-,26-/m0/s1. The zero-order valence-corrected chi connectivity index (χ0v) is 20.5. The number of carbonyl (C=O) groups is 2. The molecule has 0 radical (unpaired) electrons. The van der Waals surface area contributed by atoms with Gasteiger partial charge in [-0.05, 0) is 91.9 Å². The van der Waals surface area contributed by atoms with Crippen LogP contribution < -0.4 is 5.32 Å². The van der Waals surface area contributed by atoms with E-state index < -0.39 is 17.9 Å². The van der Waals surface area contributed by atoms with Crippen molar-refractivity contribution in [3.05, 3.63) is 11.6 Å².